The number of nitrogens with one attached hydrogen (secondary N) is 1. The van der Waals surface area contributed by atoms with E-state index in [-0.39, 0.29) is 10.8 Å². The van der Waals surface area contributed by atoms with Crippen molar-refractivity contribution in [3.63, 3.8) is 0 Å². The van der Waals surface area contributed by atoms with Crippen LogP contribution in [0.1, 0.15) is 26.7 Å². The van der Waals surface area contributed by atoms with E-state index in [0.29, 0.717) is 23.7 Å². The molecule has 2 rings (SSSR count). The van der Waals surface area contributed by atoms with E-state index in [1.165, 1.54) is 23.5 Å². The zero-order valence-electron chi connectivity index (χ0n) is 14.8. The summed E-state index contributed by atoms with van der Waals surface area (Å²) >= 11 is 0. The maximum absolute atomic E-state index is 12.8. The normalized spacial score (nSPS) is 11.4. The number of para-hydroxylation sites is 1. The summed E-state index contributed by atoms with van der Waals surface area (Å²) in [6.07, 6.45) is 1.21. The van der Waals surface area contributed by atoms with Crippen LogP contribution in [0, 0.1) is 5.92 Å². The van der Waals surface area contributed by atoms with Gasteiger partial charge in [-0.15, -0.1) is 0 Å². The summed E-state index contributed by atoms with van der Waals surface area (Å²) in [4.78, 5) is 12.1. The second kappa shape index (κ2) is 8.16. The van der Waals surface area contributed by atoms with Crippen LogP contribution in [-0.4, -0.2) is 21.4 Å². The minimum absolute atomic E-state index is 0.111. The van der Waals surface area contributed by atoms with E-state index in [9.17, 15) is 13.2 Å². The molecule has 0 saturated carbocycles. The molecule has 0 heterocycles. The Kier molecular flexibility index (Phi) is 6.20. The Labute approximate surface area is 149 Å². The van der Waals surface area contributed by atoms with Gasteiger partial charge in [-0.3, -0.25) is 9.10 Å². The van der Waals surface area contributed by atoms with Crippen LogP contribution in [0.4, 0.5) is 11.4 Å². The van der Waals surface area contributed by atoms with Crippen LogP contribution in [-0.2, 0) is 14.8 Å². The van der Waals surface area contributed by atoms with Crippen molar-refractivity contribution in [2.45, 2.75) is 31.6 Å². The summed E-state index contributed by atoms with van der Waals surface area (Å²) in [5.74, 6) is 0.330. The number of sulfonamides is 1. The van der Waals surface area contributed by atoms with Crippen molar-refractivity contribution in [3.05, 3.63) is 54.6 Å². The summed E-state index contributed by atoms with van der Waals surface area (Å²) in [5.41, 5.74) is 1.06. The zero-order valence-corrected chi connectivity index (χ0v) is 15.6. The third-order valence-electron chi connectivity index (χ3n) is 3.84. The summed E-state index contributed by atoms with van der Waals surface area (Å²) in [6, 6.07) is 15.2. The van der Waals surface area contributed by atoms with E-state index in [4.69, 9.17) is 0 Å². The second-order valence-corrected chi connectivity index (χ2v) is 8.29. The fraction of sp³-hybridized carbons (Fsp3) is 0.316. The van der Waals surface area contributed by atoms with Crippen molar-refractivity contribution >= 4 is 27.3 Å². The molecule has 0 aliphatic carbocycles. The van der Waals surface area contributed by atoms with Gasteiger partial charge in [0.2, 0.25) is 5.91 Å². The minimum atomic E-state index is -3.69. The molecule has 2 aromatic rings. The predicted octanol–water partition coefficient (Wildman–Crippen LogP) is 3.89. The highest BCUT2D eigenvalue weighted by Crippen LogP contribution is 2.23. The predicted molar refractivity (Wildman–Crippen MR) is 101 cm³/mol. The molecule has 134 valence electrons. The summed E-state index contributed by atoms with van der Waals surface area (Å²) in [5, 5.41) is 2.77. The van der Waals surface area contributed by atoms with E-state index in [1.54, 1.807) is 36.4 Å². The summed E-state index contributed by atoms with van der Waals surface area (Å²) in [6.45, 7) is 4.11. The molecule has 0 aliphatic heterocycles. The molecular weight excluding hydrogens is 336 g/mol. The number of amides is 1. The van der Waals surface area contributed by atoms with Gasteiger partial charge in [0.15, 0.2) is 0 Å². The number of nitrogens with zero attached hydrogens (tertiary/aromatic N) is 1. The zero-order chi connectivity index (χ0) is 18.4. The van der Waals surface area contributed by atoms with Gasteiger partial charge in [-0.2, -0.15) is 0 Å². The monoisotopic (exact) mass is 360 g/mol. The van der Waals surface area contributed by atoms with Crippen LogP contribution in [0.25, 0.3) is 0 Å². The first kappa shape index (κ1) is 19.0. The number of carbonyl (C=O) groups excluding carboxylic acids is 1. The molecule has 0 atom stereocenters. The highest BCUT2D eigenvalue weighted by Gasteiger charge is 2.21. The molecule has 6 heteroatoms. The number of hydrogen-bond donors (Lipinski definition) is 1. The summed E-state index contributed by atoms with van der Waals surface area (Å²) in [7, 11) is -2.18. The second-order valence-electron chi connectivity index (χ2n) is 6.32. The molecule has 1 N–H and O–H groups in total. The molecule has 25 heavy (non-hydrogen) atoms. The molecule has 0 radical (unpaired) electrons. The molecule has 0 aromatic heterocycles. The highest BCUT2D eigenvalue weighted by molar-refractivity contribution is 7.92. The topological polar surface area (TPSA) is 66.5 Å². The Hall–Kier alpha value is -2.34. The van der Waals surface area contributed by atoms with Crippen molar-refractivity contribution in [1.29, 1.82) is 0 Å². The van der Waals surface area contributed by atoms with Gasteiger partial charge >= 0.3 is 0 Å². The van der Waals surface area contributed by atoms with Gasteiger partial charge in [0.05, 0.1) is 10.6 Å². The third-order valence-corrected chi connectivity index (χ3v) is 5.63. The largest absolute Gasteiger partial charge is 0.326 e. The Morgan fingerprint density at radius 1 is 1.08 bits per heavy atom. The molecular formula is C19H24N2O3S. The maximum Gasteiger partial charge on any atom is 0.264 e. The maximum atomic E-state index is 12.8. The average Bonchev–Trinajstić information content (AvgIpc) is 2.60. The van der Waals surface area contributed by atoms with Crippen LogP contribution in [0.2, 0.25) is 0 Å². The lowest BCUT2D eigenvalue weighted by molar-refractivity contribution is -0.116. The smallest absolute Gasteiger partial charge is 0.264 e. The van der Waals surface area contributed by atoms with E-state index >= 15 is 0 Å². The van der Waals surface area contributed by atoms with Crippen molar-refractivity contribution in [3.8, 4) is 0 Å². The van der Waals surface area contributed by atoms with Gasteiger partial charge < -0.3 is 5.32 Å². The van der Waals surface area contributed by atoms with Gasteiger partial charge in [-0.05, 0) is 42.7 Å². The lowest BCUT2D eigenvalue weighted by Gasteiger charge is -2.20. The molecule has 0 unspecified atom stereocenters. The fourth-order valence-corrected chi connectivity index (χ4v) is 3.55. The van der Waals surface area contributed by atoms with Gasteiger partial charge in [0, 0.05) is 19.2 Å². The molecule has 0 spiro atoms. The molecule has 0 bridgehead atoms. The molecule has 2 aromatic carbocycles. The first-order chi connectivity index (χ1) is 11.8. The SMILES string of the molecule is CC(C)CCC(=O)Nc1cccc(S(=O)(=O)N(C)c2ccccc2)c1. The summed E-state index contributed by atoms with van der Waals surface area (Å²) < 4.78 is 26.8. The molecule has 0 saturated heterocycles. The van der Waals surface area contributed by atoms with Crippen LogP contribution in [0.15, 0.2) is 59.5 Å². The van der Waals surface area contributed by atoms with Crippen molar-refractivity contribution in [1.82, 2.24) is 0 Å². The third kappa shape index (κ3) is 5.06. The average molecular weight is 360 g/mol. The Morgan fingerprint density at radius 3 is 2.40 bits per heavy atom. The number of carbonyl (C=O) groups is 1. The van der Waals surface area contributed by atoms with Gasteiger partial charge in [-0.25, -0.2) is 8.42 Å². The number of hydrogen-bond acceptors (Lipinski definition) is 3. The lowest BCUT2D eigenvalue weighted by atomic mass is 10.1. The number of anilines is 2. The Morgan fingerprint density at radius 2 is 1.76 bits per heavy atom. The van der Waals surface area contributed by atoms with Crippen LogP contribution >= 0.6 is 0 Å². The van der Waals surface area contributed by atoms with E-state index < -0.39 is 10.0 Å². The van der Waals surface area contributed by atoms with Crippen LogP contribution < -0.4 is 9.62 Å². The Bertz CT molecular complexity index is 818. The molecule has 0 fully saturated rings. The van der Waals surface area contributed by atoms with Gasteiger partial charge in [0.25, 0.3) is 10.0 Å². The minimum Gasteiger partial charge on any atom is -0.326 e. The molecule has 1 amide bonds. The van der Waals surface area contributed by atoms with E-state index in [2.05, 4.69) is 19.2 Å². The first-order valence-corrected chi connectivity index (χ1v) is 9.68. The Balaban J connectivity index is 2.18. The van der Waals surface area contributed by atoms with Crippen LogP contribution in [0.5, 0.6) is 0 Å². The highest BCUT2D eigenvalue weighted by atomic mass is 32.2. The standard InChI is InChI=1S/C19H24N2O3S/c1-15(2)12-13-19(22)20-16-8-7-11-18(14-16)25(23,24)21(3)17-9-5-4-6-10-17/h4-11,14-15H,12-13H2,1-3H3,(H,20,22). The van der Waals surface area contributed by atoms with Crippen molar-refractivity contribution in [2.75, 3.05) is 16.7 Å². The molecule has 0 aliphatic rings. The number of rotatable bonds is 7. The van der Waals surface area contributed by atoms with Crippen molar-refractivity contribution in [2.24, 2.45) is 5.92 Å². The fourth-order valence-electron chi connectivity index (χ4n) is 2.31. The van der Waals surface area contributed by atoms with Gasteiger partial charge in [-0.1, -0.05) is 38.1 Å². The van der Waals surface area contributed by atoms with Crippen molar-refractivity contribution < 1.29 is 13.2 Å². The molecule has 5 nitrogen and oxygen atoms in total. The lowest BCUT2D eigenvalue weighted by Crippen LogP contribution is -2.26. The quantitative estimate of drug-likeness (QED) is 0.815. The van der Waals surface area contributed by atoms with Crippen LogP contribution in [0.3, 0.4) is 0 Å². The van der Waals surface area contributed by atoms with E-state index in [1.807, 2.05) is 6.07 Å². The van der Waals surface area contributed by atoms with E-state index in [0.717, 1.165) is 6.42 Å². The number of benzene rings is 2. The van der Waals surface area contributed by atoms with Gasteiger partial charge in [0.1, 0.15) is 0 Å². The first-order valence-electron chi connectivity index (χ1n) is 8.24.